The first kappa shape index (κ1) is 18.0. The molecule has 4 nitrogen and oxygen atoms in total. The number of rotatable bonds is 5. The van der Waals surface area contributed by atoms with E-state index in [4.69, 9.17) is 4.98 Å². The van der Waals surface area contributed by atoms with Crippen LogP contribution in [-0.4, -0.2) is 9.38 Å². The summed E-state index contributed by atoms with van der Waals surface area (Å²) >= 11 is 0. The van der Waals surface area contributed by atoms with Crippen molar-refractivity contribution in [2.24, 2.45) is 0 Å². The Labute approximate surface area is 163 Å². The molecule has 0 unspecified atom stereocenters. The zero-order valence-corrected chi connectivity index (χ0v) is 16.0. The largest absolute Gasteiger partial charge is 0.341 e. The van der Waals surface area contributed by atoms with Crippen molar-refractivity contribution in [1.29, 1.82) is 5.26 Å². The number of unbranched alkanes of at least 4 members (excludes halogenated alkanes) is 1. The van der Waals surface area contributed by atoms with Gasteiger partial charge in [0.1, 0.15) is 17.7 Å². The summed E-state index contributed by atoms with van der Waals surface area (Å²) in [7, 11) is 0. The highest BCUT2D eigenvalue weighted by molar-refractivity contribution is 5.87. The van der Waals surface area contributed by atoms with Crippen molar-refractivity contribution in [3.63, 3.8) is 0 Å². The average molecular weight is 372 g/mol. The molecule has 0 saturated carbocycles. The van der Waals surface area contributed by atoms with Crippen molar-refractivity contribution in [2.45, 2.75) is 33.1 Å². The quantitative estimate of drug-likeness (QED) is 0.475. The molecular formula is C23H21FN4. The number of benzene rings is 2. The first-order valence-corrected chi connectivity index (χ1v) is 9.49. The summed E-state index contributed by atoms with van der Waals surface area (Å²) in [4.78, 5) is 4.73. The van der Waals surface area contributed by atoms with E-state index in [1.807, 2.05) is 35.6 Å². The van der Waals surface area contributed by atoms with Gasteiger partial charge in [-0.2, -0.15) is 5.26 Å². The number of pyridine rings is 1. The molecule has 0 spiro atoms. The van der Waals surface area contributed by atoms with E-state index in [0.29, 0.717) is 11.2 Å². The second-order valence-electron chi connectivity index (χ2n) is 6.93. The van der Waals surface area contributed by atoms with Crippen LogP contribution in [0.15, 0.2) is 48.5 Å². The molecule has 5 heteroatoms. The van der Waals surface area contributed by atoms with Crippen LogP contribution < -0.4 is 5.32 Å². The van der Waals surface area contributed by atoms with Gasteiger partial charge in [0.2, 0.25) is 0 Å². The van der Waals surface area contributed by atoms with E-state index in [2.05, 4.69) is 18.3 Å². The number of para-hydroxylation sites is 2. The number of imidazole rings is 1. The molecule has 1 N–H and O–H groups in total. The Morgan fingerprint density at radius 1 is 1.14 bits per heavy atom. The van der Waals surface area contributed by atoms with Gasteiger partial charge in [-0.25, -0.2) is 9.37 Å². The van der Waals surface area contributed by atoms with Gasteiger partial charge in [0.25, 0.3) is 0 Å². The Morgan fingerprint density at radius 3 is 2.61 bits per heavy atom. The molecule has 0 saturated heterocycles. The molecule has 2 heterocycles. The fourth-order valence-electron chi connectivity index (χ4n) is 3.65. The topological polar surface area (TPSA) is 53.1 Å². The van der Waals surface area contributed by atoms with Gasteiger partial charge < -0.3 is 5.32 Å². The van der Waals surface area contributed by atoms with Crippen LogP contribution in [0.2, 0.25) is 0 Å². The maximum absolute atomic E-state index is 13.4. The zero-order valence-electron chi connectivity index (χ0n) is 16.0. The summed E-state index contributed by atoms with van der Waals surface area (Å²) in [6.45, 7) is 4.14. The molecule has 0 amide bonds. The molecule has 2 aromatic heterocycles. The summed E-state index contributed by atoms with van der Waals surface area (Å²) in [5.41, 5.74) is 5.87. The van der Waals surface area contributed by atoms with Crippen LogP contribution in [0.1, 0.15) is 36.5 Å². The van der Waals surface area contributed by atoms with E-state index >= 15 is 0 Å². The van der Waals surface area contributed by atoms with Crippen LogP contribution in [-0.2, 0) is 6.42 Å². The number of halogens is 1. The predicted octanol–water partition coefficient (Wildman–Crippen LogP) is 5.89. The van der Waals surface area contributed by atoms with E-state index in [1.165, 1.54) is 12.1 Å². The van der Waals surface area contributed by atoms with Gasteiger partial charge >= 0.3 is 0 Å². The predicted molar refractivity (Wildman–Crippen MR) is 110 cm³/mol. The summed E-state index contributed by atoms with van der Waals surface area (Å²) in [5, 5.41) is 13.3. The van der Waals surface area contributed by atoms with Crippen LogP contribution in [0, 0.1) is 24.1 Å². The first-order chi connectivity index (χ1) is 13.6. The van der Waals surface area contributed by atoms with E-state index in [0.717, 1.165) is 52.9 Å². The number of anilines is 2. The highest BCUT2D eigenvalue weighted by Crippen LogP contribution is 2.33. The minimum absolute atomic E-state index is 0.272. The molecule has 0 bridgehead atoms. The zero-order chi connectivity index (χ0) is 19.7. The number of hydrogen-bond donors (Lipinski definition) is 1. The van der Waals surface area contributed by atoms with E-state index in [9.17, 15) is 9.65 Å². The molecule has 28 heavy (non-hydrogen) atoms. The molecule has 0 fully saturated rings. The van der Waals surface area contributed by atoms with Crippen LogP contribution in [0.5, 0.6) is 0 Å². The fourth-order valence-corrected chi connectivity index (χ4v) is 3.65. The summed E-state index contributed by atoms with van der Waals surface area (Å²) in [6.07, 6.45) is 2.92. The van der Waals surface area contributed by atoms with Gasteiger partial charge in [-0.05, 0) is 67.3 Å². The summed E-state index contributed by atoms with van der Waals surface area (Å²) in [6, 6.07) is 16.5. The maximum atomic E-state index is 13.4. The van der Waals surface area contributed by atoms with Crippen LogP contribution in [0.4, 0.5) is 15.9 Å². The highest BCUT2D eigenvalue weighted by atomic mass is 19.1. The van der Waals surface area contributed by atoms with Crippen LogP contribution in [0.3, 0.4) is 0 Å². The van der Waals surface area contributed by atoms with Crippen molar-refractivity contribution in [3.8, 4) is 6.07 Å². The van der Waals surface area contributed by atoms with Crippen LogP contribution >= 0.6 is 0 Å². The third-order valence-electron chi connectivity index (χ3n) is 5.12. The number of nitriles is 1. The summed E-state index contributed by atoms with van der Waals surface area (Å²) in [5.74, 6) is 0.617. The highest BCUT2D eigenvalue weighted by Gasteiger charge is 2.20. The van der Waals surface area contributed by atoms with Gasteiger partial charge in [-0.1, -0.05) is 25.5 Å². The Morgan fingerprint density at radius 2 is 1.89 bits per heavy atom. The molecule has 140 valence electrons. The van der Waals surface area contributed by atoms with Crippen molar-refractivity contribution in [2.75, 3.05) is 5.32 Å². The average Bonchev–Trinajstić information content (AvgIpc) is 3.08. The molecule has 0 radical (unpaired) electrons. The lowest BCUT2D eigenvalue weighted by Gasteiger charge is -2.19. The van der Waals surface area contributed by atoms with E-state index in [1.54, 1.807) is 12.1 Å². The Hall–Kier alpha value is -3.39. The van der Waals surface area contributed by atoms with E-state index in [-0.39, 0.29) is 5.82 Å². The lowest BCUT2D eigenvalue weighted by Crippen LogP contribution is -2.08. The second kappa shape index (κ2) is 7.32. The van der Waals surface area contributed by atoms with Gasteiger partial charge in [0, 0.05) is 5.69 Å². The second-order valence-corrected chi connectivity index (χ2v) is 6.93. The van der Waals surface area contributed by atoms with Gasteiger partial charge in [-0.3, -0.25) is 4.40 Å². The third-order valence-corrected chi connectivity index (χ3v) is 5.12. The monoisotopic (exact) mass is 372 g/mol. The lowest BCUT2D eigenvalue weighted by molar-refractivity contribution is 0.628. The first-order valence-electron chi connectivity index (χ1n) is 9.49. The molecule has 4 rings (SSSR count). The van der Waals surface area contributed by atoms with Gasteiger partial charge in [0.05, 0.1) is 16.6 Å². The molecular weight excluding hydrogens is 351 g/mol. The van der Waals surface area contributed by atoms with Crippen molar-refractivity contribution >= 4 is 28.2 Å². The summed E-state index contributed by atoms with van der Waals surface area (Å²) < 4.78 is 15.4. The van der Waals surface area contributed by atoms with Crippen molar-refractivity contribution in [3.05, 3.63) is 71.0 Å². The van der Waals surface area contributed by atoms with Gasteiger partial charge in [0.15, 0.2) is 5.65 Å². The molecule has 0 aliphatic carbocycles. The maximum Gasteiger partial charge on any atom is 0.157 e. The van der Waals surface area contributed by atoms with Crippen LogP contribution in [0.25, 0.3) is 16.7 Å². The Bertz CT molecular complexity index is 1200. The Balaban J connectivity index is 2.05. The smallest absolute Gasteiger partial charge is 0.157 e. The van der Waals surface area contributed by atoms with E-state index < -0.39 is 0 Å². The number of nitrogens with one attached hydrogen (secondary N) is 1. The van der Waals surface area contributed by atoms with Crippen molar-refractivity contribution < 1.29 is 4.39 Å². The third kappa shape index (κ3) is 2.97. The minimum Gasteiger partial charge on any atom is -0.341 e. The van der Waals surface area contributed by atoms with Gasteiger partial charge in [-0.15, -0.1) is 0 Å². The SMILES string of the molecule is CCCCc1c(C)c(C#N)c2nc3ccccc3n2c1Nc1ccc(F)cc1. The normalized spacial score (nSPS) is 11.1. The molecule has 0 atom stereocenters. The molecule has 0 aliphatic heterocycles. The lowest BCUT2D eigenvalue weighted by atomic mass is 9.99. The fraction of sp³-hybridized carbons (Fsp3) is 0.217. The number of fused-ring (bicyclic) bond motifs is 3. The molecule has 4 aromatic rings. The number of aromatic nitrogens is 2. The molecule has 2 aromatic carbocycles. The molecule has 0 aliphatic rings. The Kier molecular flexibility index (Phi) is 4.70. The standard InChI is InChI=1S/C23H21FN4/c1-3-4-7-18-15(2)19(14-25)23-27-20-8-5-6-9-21(20)28(23)22(18)26-17-12-10-16(24)11-13-17/h5-6,8-13,26H,3-4,7H2,1-2H3. The minimum atomic E-state index is -0.272. The number of hydrogen-bond acceptors (Lipinski definition) is 3. The van der Waals surface area contributed by atoms with Crippen molar-refractivity contribution in [1.82, 2.24) is 9.38 Å². The number of nitrogens with zero attached hydrogens (tertiary/aromatic N) is 3.